The Morgan fingerprint density at radius 1 is 0.913 bits per heavy atom. The summed E-state index contributed by atoms with van der Waals surface area (Å²) in [6.45, 7) is 0.569. The molecule has 0 unspecified atom stereocenters. The molecular formula is C18H19BrN2O2. The monoisotopic (exact) mass is 374 g/mol. The first kappa shape index (κ1) is 17.2. The van der Waals surface area contributed by atoms with E-state index in [9.17, 15) is 9.59 Å². The molecule has 0 heterocycles. The minimum absolute atomic E-state index is 0.165. The highest BCUT2D eigenvalue weighted by Gasteiger charge is 2.09. The zero-order valence-corrected chi connectivity index (χ0v) is 14.3. The second-order valence-corrected chi connectivity index (χ2v) is 6.09. The molecule has 0 radical (unpaired) electrons. The maximum Gasteiger partial charge on any atom is 0.233 e. The molecule has 2 N–H and O–H groups in total. The molecule has 0 spiro atoms. The Hall–Kier alpha value is -2.14. The predicted molar refractivity (Wildman–Crippen MR) is 95.2 cm³/mol. The fraction of sp³-hybridized carbons (Fsp3) is 0.222. The summed E-state index contributed by atoms with van der Waals surface area (Å²) in [5.74, 6) is -0.569. The Morgan fingerprint density at radius 3 is 2.30 bits per heavy atom. The van der Waals surface area contributed by atoms with Crippen molar-refractivity contribution < 1.29 is 9.59 Å². The Kier molecular flexibility index (Phi) is 6.81. The van der Waals surface area contributed by atoms with E-state index in [1.54, 1.807) is 12.1 Å². The minimum Gasteiger partial charge on any atom is -0.356 e. The smallest absolute Gasteiger partial charge is 0.233 e. The summed E-state index contributed by atoms with van der Waals surface area (Å²) in [7, 11) is 0. The van der Waals surface area contributed by atoms with Crippen LogP contribution in [0.4, 0.5) is 5.69 Å². The number of hydrogen-bond acceptors (Lipinski definition) is 2. The number of nitrogens with one attached hydrogen (secondary N) is 2. The molecule has 120 valence electrons. The summed E-state index contributed by atoms with van der Waals surface area (Å²) >= 11 is 3.33. The lowest BCUT2D eigenvalue weighted by atomic mass is 10.1. The first-order valence-corrected chi connectivity index (χ1v) is 8.29. The van der Waals surface area contributed by atoms with Gasteiger partial charge in [-0.3, -0.25) is 9.59 Å². The van der Waals surface area contributed by atoms with Gasteiger partial charge < -0.3 is 10.6 Å². The Labute approximate surface area is 144 Å². The number of amides is 2. The number of rotatable bonds is 7. The molecule has 0 saturated carbocycles. The van der Waals surface area contributed by atoms with Gasteiger partial charge in [-0.25, -0.2) is 0 Å². The molecule has 5 heteroatoms. The van der Waals surface area contributed by atoms with Gasteiger partial charge in [0.1, 0.15) is 6.42 Å². The molecule has 0 aliphatic rings. The molecule has 2 aromatic rings. The van der Waals surface area contributed by atoms with Gasteiger partial charge in [0.15, 0.2) is 0 Å². The largest absolute Gasteiger partial charge is 0.356 e. The lowest BCUT2D eigenvalue weighted by molar-refractivity contribution is -0.126. The van der Waals surface area contributed by atoms with Gasteiger partial charge >= 0.3 is 0 Å². The van der Waals surface area contributed by atoms with E-state index in [1.165, 1.54) is 5.56 Å². The van der Waals surface area contributed by atoms with E-state index in [0.717, 1.165) is 17.3 Å². The molecule has 2 aromatic carbocycles. The van der Waals surface area contributed by atoms with Crippen LogP contribution >= 0.6 is 15.9 Å². The van der Waals surface area contributed by atoms with Gasteiger partial charge in [0.25, 0.3) is 0 Å². The first-order chi connectivity index (χ1) is 11.1. The average molecular weight is 375 g/mol. The number of anilines is 1. The summed E-state index contributed by atoms with van der Waals surface area (Å²) in [5.41, 5.74) is 1.92. The van der Waals surface area contributed by atoms with Gasteiger partial charge in [-0.15, -0.1) is 0 Å². The van der Waals surface area contributed by atoms with Gasteiger partial charge in [-0.05, 0) is 42.7 Å². The Balaban J connectivity index is 1.64. The van der Waals surface area contributed by atoms with E-state index in [-0.39, 0.29) is 18.2 Å². The van der Waals surface area contributed by atoms with Crippen LogP contribution in [0.2, 0.25) is 0 Å². The molecule has 0 aliphatic carbocycles. The van der Waals surface area contributed by atoms with Crippen molar-refractivity contribution in [3.05, 3.63) is 64.6 Å². The van der Waals surface area contributed by atoms with E-state index >= 15 is 0 Å². The molecule has 2 rings (SSSR count). The zero-order chi connectivity index (χ0) is 16.5. The van der Waals surface area contributed by atoms with Crippen molar-refractivity contribution >= 4 is 33.4 Å². The van der Waals surface area contributed by atoms with Crippen molar-refractivity contribution in [2.24, 2.45) is 0 Å². The van der Waals surface area contributed by atoms with Crippen molar-refractivity contribution in [1.29, 1.82) is 0 Å². The molecule has 0 aromatic heterocycles. The van der Waals surface area contributed by atoms with Crippen LogP contribution < -0.4 is 10.6 Å². The zero-order valence-electron chi connectivity index (χ0n) is 12.7. The number of aryl methyl sites for hydroxylation is 1. The standard InChI is InChI=1S/C18H19BrN2O2/c19-15-8-10-16(11-9-15)21-18(23)13-17(22)20-12-4-7-14-5-2-1-3-6-14/h1-3,5-6,8-11H,4,7,12-13H2,(H,20,22)(H,21,23). The van der Waals surface area contributed by atoms with Gasteiger partial charge in [0, 0.05) is 16.7 Å². The summed E-state index contributed by atoms with van der Waals surface area (Å²) in [6.07, 6.45) is 1.59. The summed E-state index contributed by atoms with van der Waals surface area (Å²) in [4.78, 5) is 23.5. The van der Waals surface area contributed by atoms with Crippen LogP contribution in [0.15, 0.2) is 59.1 Å². The van der Waals surface area contributed by atoms with E-state index in [0.29, 0.717) is 12.2 Å². The maximum atomic E-state index is 11.8. The highest BCUT2D eigenvalue weighted by atomic mass is 79.9. The molecule has 0 atom stereocenters. The Bertz CT molecular complexity index is 642. The number of hydrogen-bond donors (Lipinski definition) is 2. The molecular weight excluding hydrogens is 356 g/mol. The third-order valence-corrected chi connectivity index (χ3v) is 3.78. The fourth-order valence-corrected chi connectivity index (χ4v) is 2.38. The van der Waals surface area contributed by atoms with E-state index in [1.807, 2.05) is 30.3 Å². The fourth-order valence-electron chi connectivity index (χ4n) is 2.11. The van der Waals surface area contributed by atoms with E-state index in [2.05, 4.69) is 38.7 Å². The quantitative estimate of drug-likeness (QED) is 0.575. The average Bonchev–Trinajstić information content (AvgIpc) is 2.55. The number of halogens is 1. The highest BCUT2D eigenvalue weighted by molar-refractivity contribution is 9.10. The summed E-state index contributed by atoms with van der Waals surface area (Å²) in [5, 5.41) is 5.47. The molecule has 0 aliphatic heterocycles. The third-order valence-electron chi connectivity index (χ3n) is 3.26. The van der Waals surface area contributed by atoms with Gasteiger partial charge in [-0.1, -0.05) is 46.3 Å². The van der Waals surface area contributed by atoms with Gasteiger partial charge in [0.2, 0.25) is 11.8 Å². The first-order valence-electron chi connectivity index (χ1n) is 7.49. The lowest BCUT2D eigenvalue weighted by Gasteiger charge is -2.07. The van der Waals surface area contributed by atoms with Crippen molar-refractivity contribution in [2.45, 2.75) is 19.3 Å². The highest BCUT2D eigenvalue weighted by Crippen LogP contribution is 2.14. The van der Waals surface area contributed by atoms with Crippen LogP contribution in [-0.2, 0) is 16.0 Å². The van der Waals surface area contributed by atoms with Crippen molar-refractivity contribution in [3.63, 3.8) is 0 Å². The van der Waals surface area contributed by atoms with Crippen molar-refractivity contribution in [3.8, 4) is 0 Å². The van der Waals surface area contributed by atoms with E-state index < -0.39 is 0 Å². The second-order valence-electron chi connectivity index (χ2n) is 5.17. The van der Waals surface area contributed by atoms with Crippen LogP contribution in [0.5, 0.6) is 0 Å². The summed E-state index contributed by atoms with van der Waals surface area (Å²) < 4.78 is 0.937. The molecule has 23 heavy (non-hydrogen) atoms. The van der Waals surface area contributed by atoms with Crippen LogP contribution in [0.3, 0.4) is 0 Å². The molecule has 0 bridgehead atoms. The number of carbonyl (C=O) groups is 2. The molecule has 0 fully saturated rings. The van der Waals surface area contributed by atoms with Crippen LogP contribution in [0, 0.1) is 0 Å². The van der Waals surface area contributed by atoms with Gasteiger partial charge in [0.05, 0.1) is 0 Å². The third kappa shape index (κ3) is 6.65. The number of carbonyl (C=O) groups excluding carboxylic acids is 2. The minimum atomic E-state index is -0.312. The summed E-state index contributed by atoms with van der Waals surface area (Å²) in [6, 6.07) is 17.3. The molecule has 2 amide bonds. The van der Waals surface area contributed by atoms with E-state index in [4.69, 9.17) is 0 Å². The normalized spacial score (nSPS) is 10.1. The van der Waals surface area contributed by atoms with Crippen LogP contribution in [0.1, 0.15) is 18.4 Å². The molecule has 4 nitrogen and oxygen atoms in total. The number of benzene rings is 2. The SMILES string of the molecule is O=C(CC(=O)Nc1ccc(Br)cc1)NCCCc1ccccc1. The topological polar surface area (TPSA) is 58.2 Å². The van der Waals surface area contributed by atoms with Crippen LogP contribution in [-0.4, -0.2) is 18.4 Å². The molecule has 0 saturated heterocycles. The van der Waals surface area contributed by atoms with Gasteiger partial charge in [-0.2, -0.15) is 0 Å². The van der Waals surface area contributed by atoms with Crippen molar-refractivity contribution in [2.75, 3.05) is 11.9 Å². The second kappa shape index (κ2) is 9.10. The Morgan fingerprint density at radius 2 is 1.61 bits per heavy atom. The lowest BCUT2D eigenvalue weighted by Crippen LogP contribution is -2.29. The maximum absolute atomic E-state index is 11.8. The predicted octanol–water partition coefficient (Wildman–Crippen LogP) is 3.53. The van der Waals surface area contributed by atoms with Crippen LogP contribution in [0.25, 0.3) is 0 Å². The van der Waals surface area contributed by atoms with Crippen molar-refractivity contribution in [1.82, 2.24) is 5.32 Å².